The smallest absolute Gasteiger partial charge is 0.351 e. The van der Waals surface area contributed by atoms with Crippen LogP contribution >= 0.6 is 0 Å². The van der Waals surface area contributed by atoms with E-state index in [4.69, 9.17) is 9.47 Å². The summed E-state index contributed by atoms with van der Waals surface area (Å²) in [5.74, 6) is 1.32. The van der Waals surface area contributed by atoms with E-state index < -0.39 is 5.69 Å². The molecule has 5 aromatic rings. The molecule has 1 N–H and O–H groups in total. The highest BCUT2D eigenvalue weighted by molar-refractivity contribution is 5.92. The van der Waals surface area contributed by atoms with Gasteiger partial charge >= 0.3 is 5.69 Å². The second-order valence-corrected chi connectivity index (χ2v) is 7.89. The summed E-state index contributed by atoms with van der Waals surface area (Å²) in [5.41, 5.74) is 2.27. The number of fused-ring (bicyclic) bond motifs is 3. The molecular weight excluding hydrogens is 446 g/mol. The van der Waals surface area contributed by atoms with E-state index in [-0.39, 0.29) is 19.0 Å². The van der Waals surface area contributed by atoms with Crippen LogP contribution in [0.15, 0.2) is 77.6 Å². The Morgan fingerprint density at radius 3 is 2.46 bits per heavy atom. The molecule has 0 aliphatic carbocycles. The number of hydrogen-bond acceptors (Lipinski definition) is 6. The molecule has 0 spiro atoms. The van der Waals surface area contributed by atoms with Gasteiger partial charge in [0.2, 0.25) is 5.91 Å². The fourth-order valence-corrected chi connectivity index (χ4v) is 3.99. The molecule has 5 rings (SSSR count). The topological polar surface area (TPSA) is 99.8 Å². The number of methoxy groups -OCH3 is 2. The normalized spacial score (nSPS) is 11.0. The van der Waals surface area contributed by atoms with Gasteiger partial charge in [0.15, 0.2) is 23.0 Å². The third-order valence-electron chi connectivity index (χ3n) is 5.73. The first kappa shape index (κ1) is 22.1. The van der Waals surface area contributed by atoms with Gasteiger partial charge in [0, 0.05) is 17.5 Å². The third-order valence-corrected chi connectivity index (χ3v) is 5.73. The number of rotatable bonds is 7. The van der Waals surface area contributed by atoms with Crippen LogP contribution in [0.2, 0.25) is 0 Å². The second kappa shape index (κ2) is 9.30. The highest BCUT2D eigenvalue weighted by Gasteiger charge is 2.17. The van der Waals surface area contributed by atoms with E-state index in [0.717, 1.165) is 16.5 Å². The maximum Gasteiger partial charge on any atom is 0.351 e. The van der Waals surface area contributed by atoms with E-state index in [9.17, 15) is 9.59 Å². The Morgan fingerprint density at radius 1 is 0.943 bits per heavy atom. The highest BCUT2D eigenvalue weighted by Crippen LogP contribution is 2.27. The van der Waals surface area contributed by atoms with Crippen LogP contribution in [0.25, 0.3) is 27.9 Å². The standard InChI is InChI=1S/C26H23N5O4/c1-34-21-13-12-17(14-22(21)35-2)15-27-23(32)16-30-20-11-7-6-10-19(20)25-28-24(29-31(25)26(30)33)18-8-4-3-5-9-18/h3-14H,15-16H2,1-2H3,(H,27,32). The van der Waals surface area contributed by atoms with E-state index in [1.165, 1.54) is 9.08 Å². The largest absolute Gasteiger partial charge is 0.493 e. The van der Waals surface area contributed by atoms with E-state index in [2.05, 4.69) is 15.4 Å². The van der Waals surface area contributed by atoms with Crippen molar-refractivity contribution < 1.29 is 14.3 Å². The van der Waals surface area contributed by atoms with Crippen molar-refractivity contribution in [2.45, 2.75) is 13.1 Å². The molecule has 35 heavy (non-hydrogen) atoms. The monoisotopic (exact) mass is 469 g/mol. The Bertz CT molecular complexity index is 1590. The summed E-state index contributed by atoms with van der Waals surface area (Å²) in [4.78, 5) is 30.8. The first-order chi connectivity index (χ1) is 17.1. The maximum absolute atomic E-state index is 13.4. The molecule has 1 amide bonds. The van der Waals surface area contributed by atoms with Crippen LogP contribution < -0.4 is 20.5 Å². The molecule has 0 fully saturated rings. The van der Waals surface area contributed by atoms with Crippen LogP contribution in [-0.4, -0.2) is 39.3 Å². The van der Waals surface area contributed by atoms with Crippen molar-refractivity contribution in [2.75, 3.05) is 14.2 Å². The first-order valence-electron chi connectivity index (χ1n) is 11.0. The summed E-state index contributed by atoms with van der Waals surface area (Å²) >= 11 is 0. The molecule has 2 aromatic heterocycles. The number of nitrogens with zero attached hydrogens (tertiary/aromatic N) is 4. The number of carbonyl (C=O) groups excluding carboxylic acids is 1. The van der Waals surface area contributed by atoms with Crippen LogP contribution in [0.1, 0.15) is 5.56 Å². The summed E-state index contributed by atoms with van der Waals surface area (Å²) in [5, 5.41) is 8.04. The minimum Gasteiger partial charge on any atom is -0.493 e. The molecule has 3 aromatic carbocycles. The molecule has 176 valence electrons. The molecule has 9 heteroatoms. The average Bonchev–Trinajstić information content (AvgIpc) is 3.36. The number of carbonyl (C=O) groups is 1. The van der Waals surface area contributed by atoms with Gasteiger partial charge in [-0.05, 0) is 29.8 Å². The Balaban J connectivity index is 1.46. The fraction of sp³-hybridized carbons (Fsp3) is 0.154. The van der Waals surface area contributed by atoms with Crippen molar-refractivity contribution in [3.63, 3.8) is 0 Å². The predicted octanol–water partition coefficient (Wildman–Crippen LogP) is 3.04. The van der Waals surface area contributed by atoms with Crippen molar-refractivity contribution in [2.24, 2.45) is 0 Å². The summed E-state index contributed by atoms with van der Waals surface area (Å²) in [6.45, 7) is 0.110. The lowest BCUT2D eigenvalue weighted by Crippen LogP contribution is -2.35. The summed E-state index contributed by atoms with van der Waals surface area (Å²) in [7, 11) is 3.12. The maximum atomic E-state index is 13.4. The molecule has 9 nitrogen and oxygen atoms in total. The Kier molecular flexibility index (Phi) is 5.88. The predicted molar refractivity (Wildman–Crippen MR) is 132 cm³/mol. The third kappa shape index (κ3) is 4.19. The second-order valence-electron chi connectivity index (χ2n) is 7.89. The molecule has 0 bridgehead atoms. The molecule has 0 radical (unpaired) electrons. The van der Waals surface area contributed by atoms with Gasteiger partial charge in [0.25, 0.3) is 0 Å². The van der Waals surface area contributed by atoms with Gasteiger partial charge < -0.3 is 14.8 Å². The number of nitrogens with one attached hydrogen (secondary N) is 1. The molecule has 2 heterocycles. The van der Waals surface area contributed by atoms with Gasteiger partial charge in [-0.3, -0.25) is 9.36 Å². The minimum absolute atomic E-state index is 0.164. The fourth-order valence-electron chi connectivity index (χ4n) is 3.99. The highest BCUT2D eigenvalue weighted by atomic mass is 16.5. The molecule has 0 saturated heterocycles. The number of aromatic nitrogens is 4. The van der Waals surface area contributed by atoms with Crippen molar-refractivity contribution in [3.8, 4) is 22.9 Å². The molecule has 0 atom stereocenters. The number of ether oxygens (including phenoxy) is 2. The number of para-hydroxylation sites is 1. The minimum atomic E-state index is -0.436. The zero-order valence-corrected chi connectivity index (χ0v) is 19.3. The van der Waals surface area contributed by atoms with E-state index in [1.54, 1.807) is 32.4 Å². The zero-order valence-electron chi connectivity index (χ0n) is 19.3. The average molecular weight is 470 g/mol. The lowest BCUT2D eigenvalue weighted by molar-refractivity contribution is -0.121. The molecule has 0 aliphatic rings. The number of benzene rings is 3. The van der Waals surface area contributed by atoms with Crippen molar-refractivity contribution in [1.82, 2.24) is 24.5 Å². The Morgan fingerprint density at radius 2 is 1.69 bits per heavy atom. The Labute approximate surface area is 200 Å². The number of hydrogen-bond donors (Lipinski definition) is 1. The summed E-state index contributed by atoms with van der Waals surface area (Å²) < 4.78 is 13.2. The van der Waals surface area contributed by atoms with Gasteiger partial charge in [-0.2, -0.15) is 4.52 Å². The van der Waals surface area contributed by atoms with Crippen LogP contribution in [0.3, 0.4) is 0 Å². The van der Waals surface area contributed by atoms with Crippen molar-refractivity contribution in [3.05, 3.63) is 88.8 Å². The van der Waals surface area contributed by atoms with E-state index in [0.29, 0.717) is 28.5 Å². The van der Waals surface area contributed by atoms with Crippen LogP contribution in [-0.2, 0) is 17.9 Å². The zero-order chi connectivity index (χ0) is 24.4. The van der Waals surface area contributed by atoms with E-state index >= 15 is 0 Å². The van der Waals surface area contributed by atoms with Gasteiger partial charge in [0.05, 0.1) is 19.7 Å². The van der Waals surface area contributed by atoms with Crippen molar-refractivity contribution in [1.29, 1.82) is 0 Å². The first-order valence-corrected chi connectivity index (χ1v) is 11.0. The summed E-state index contributed by atoms with van der Waals surface area (Å²) in [6, 6.07) is 22.2. The lowest BCUT2D eigenvalue weighted by Gasteiger charge is -2.12. The SMILES string of the molecule is COc1ccc(CNC(=O)Cn2c(=O)n3nc(-c4ccccc4)nc3c3ccccc32)cc1OC. The van der Waals surface area contributed by atoms with Gasteiger partial charge in [-0.25, -0.2) is 9.78 Å². The van der Waals surface area contributed by atoms with Gasteiger partial charge in [-0.1, -0.05) is 48.5 Å². The molecule has 0 unspecified atom stereocenters. The number of amides is 1. The quantitative estimate of drug-likeness (QED) is 0.393. The van der Waals surface area contributed by atoms with Crippen LogP contribution in [0.5, 0.6) is 11.5 Å². The van der Waals surface area contributed by atoms with E-state index in [1.807, 2.05) is 54.6 Å². The molecule has 0 aliphatic heterocycles. The van der Waals surface area contributed by atoms with Gasteiger partial charge in [0.1, 0.15) is 6.54 Å². The van der Waals surface area contributed by atoms with Crippen molar-refractivity contribution >= 4 is 22.5 Å². The Hall–Kier alpha value is -4.66. The lowest BCUT2D eigenvalue weighted by atomic mass is 10.2. The van der Waals surface area contributed by atoms with Gasteiger partial charge in [-0.15, -0.1) is 5.10 Å². The molecular formula is C26H23N5O4. The summed E-state index contributed by atoms with van der Waals surface area (Å²) in [6.07, 6.45) is 0. The van der Waals surface area contributed by atoms with Crippen LogP contribution in [0, 0.1) is 0 Å². The van der Waals surface area contributed by atoms with Crippen LogP contribution in [0.4, 0.5) is 0 Å². The molecule has 0 saturated carbocycles.